The lowest BCUT2D eigenvalue weighted by atomic mass is 10.0. The third-order valence-corrected chi connectivity index (χ3v) is 3.47. The molecule has 0 radical (unpaired) electrons. The number of rotatable bonds is 8. The van der Waals surface area contributed by atoms with Crippen LogP contribution in [0, 0.1) is 5.82 Å². The first-order valence-corrected chi connectivity index (χ1v) is 7.72. The summed E-state index contributed by atoms with van der Waals surface area (Å²) in [6.45, 7) is 2.59. The van der Waals surface area contributed by atoms with Crippen LogP contribution < -0.4 is 10.5 Å². The first kappa shape index (κ1) is 15.3. The van der Waals surface area contributed by atoms with Crippen LogP contribution in [0.1, 0.15) is 25.3 Å². The monoisotopic (exact) mass is 271 g/mol. The van der Waals surface area contributed by atoms with Gasteiger partial charge in [-0.15, -0.1) is 0 Å². The lowest BCUT2D eigenvalue weighted by Gasteiger charge is -2.11. The van der Waals surface area contributed by atoms with Crippen molar-refractivity contribution in [3.63, 3.8) is 0 Å². The second-order valence-electron chi connectivity index (χ2n) is 4.33. The van der Waals surface area contributed by atoms with Crippen molar-refractivity contribution in [3.8, 4) is 5.75 Å². The van der Waals surface area contributed by atoms with E-state index in [0.29, 0.717) is 18.8 Å². The lowest BCUT2D eigenvalue weighted by Crippen LogP contribution is -2.21. The summed E-state index contributed by atoms with van der Waals surface area (Å²) in [6, 6.07) is 5.21. The quantitative estimate of drug-likeness (QED) is 0.737. The number of ether oxygens (including phenoxy) is 1. The Morgan fingerprint density at radius 3 is 2.83 bits per heavy atom. The summed E-state index contributed by atoms with van der Waals surface area (Å²) in [5.41, 5.74) is 6.78. The molecule has 2 nitrogen and oxygen atoms in total. The molecule has 1 aromatic carbocycles. The summed E-state index contributed by atoms with van der Waals surface area (Å²) in [6.07, 6.45) is 4.59. The fourth-order valence-electron chi connectivity index (χ4n) is 1.62. The van der Waals surface area contributed by atoms with Crippen molar-refractivity contribution in [2.24, 2.45) is 5.73 Å². The highest BCUT2D eigenvalue weighted by Crippen LogP contribution is 2.19. The number of nitrogens with two attached hydrogens (primary N) is 1. The molecule has 0 aliphatic carbocycles. The summed E-state index contributed by atoms with van der Waals surface area (Å²) in [4.78, 5) is 0. The predicted molar refractivity (Wildman–Crippen MR) is 76.9 cm³/mol. The second kappa shape index (κ2) is 8.38. The number of hydrogen-bond acceptors (Lipinski definition) is 3. The summed E-state index contributed by atoms with van der Waals surface area (Å²) >= 11 is 1.77. The Morgan fingerprint density at radius 2 is 2.22 bits per heavy atom. The largest absolute Gasteiger partial charge is 0.490 e. The molecule has 0 aliphatic heterocycles. The van der Waals surface area contributed by atoms with Crippen LogP contribution in [0.3, 0.4) is 0 Å². The van der Waals surface area contributed by atoms with Crippen molar-refractivity contribution in [2.75, 3.05) is 18.6 Å². The van der Waals surface area contributed by atoms with Gasteiger partial charge in [0, 0.05) is 6.04 Å². The minimum absolute atomic E-state index is 0.0951. The maximum absolute atomic E-state index is 13.7. The van der Waals surface area contributed by atoms with E-state index in [1.165, 1.54) is 6.07 Å². The van der Waals surface area contributed by atoms with Crippen molar-refractivity contribution < 1.29 is 9.13 Å². The minimum atomic E-state index is -0.292. The number of hydrogen-bond donors (Lipinski definition) is 1. The maximum Gasteiger partial charge on any atom is 0.165 e. The van der Waals surface area contributed by atoms with E-state index in [9.17, 15) is 4.39 Å². The molecule has 0 aromatic heterocycles. The Balaban J connectivity index is 2.51. The Kier molecular flexibility index (Phi) is 7.13. The van der Waals surface area contributed by atoms with Crippen molar-refractivity contribution in [3.05, 3.63) is 29.6 Å². The van der Waals surface area contributed by atoms with Crippen molar-refractivity contribution in [1.29, 1.82) is 0 Å². The fourth-order valence-corrected chi connectivity index (χ4v) is 2.03. The third-order valence-electron chi connectivity index (χ3n) is 2.77. The van der Waals surface area contributed by atoms with E-state index in [2.05, 4.69) is 0 Å². The molecule has 0 saturated carbocycles. The molecule has 0 fully saturated rings. The lowest BCUT2D eigenvalue weighted by molar-refractivity contribution is 0.302. The molecule has 18 heavy (non-hydrogen) atoms. The standard InChI is InChI=1S/C14H22FNOS/c1-3-12(16)9-11-5-6-14(13(15)10-11)17-7-4-8-18-2/h5-6,10,12H,3-4,7-9,16H2,1-2H3. The van der Waals surface area contributed by atoms with Gasteiger partial charge in [0.05, 0.1) is 6.61 Å². The maximum atomic E-state index is 13.7. The Bertz CT molecular complexity index is 360. The normalized spacial score (nSPS) is 12.4. The molecule has 0 aliphatic rings. The average molecular weight is 271 g/mol. The van der Waals surface area contributed by atoms with Crippen molar-refractivity contribution in [2.45, 2.75) is 32.2 Å². The van der Waals surface area contributed by atoms with Crippen LogP contribution in [0.5, 0.6) is 5.75 Å². The van der Waals surface area contributed by atoms with E-state index in [1.54, 1.807) is 17.8 Å². The first-order chi connectivity index (χ1) is 8.67. The van der Waals surface area contributed by atoms with Crippen molar-refractivity contribution in [1.82, 2.24) is 0 Å². The zero-order valence-corrected chi connectivity index (χ0v) is 11.9. The Hall–Kier alpha value is -0.740. The van der Waals surface area contributed by atoms with Gasteiger partial charge >= 0.3 is 0 Å². The Labute approximate surface area is 113 Å². The van der Waals surface area contributed by atoms with Gasteiger partial charge in [0.1, 0.15) is 0 Å². The van der Waals surface area contributed by atoms with Gasteiger partial charge in [-0.3, -0.25) is 0 Å². The van der Waals surface area contributed by atoms with E-state index in [0.717, 1.165) is 24.2 Å². The van der Waals surface area contributed by atoms with E-state index in [-0.39, 0.29) is 11.9 Å². The molecule has 1 aromatic rings. The van der Waals surface area contributed by atoms with Crippen LogP contribution in [-0.4, -0.2) is 24.7 Å². The van der Waals surface area contributed by atoms with Crippen LogP contribution in [0.4, 0.5) is 4.39 Å². The van der Waals surface area contributed by atoms with Gasteiger partial charge in [0.15, 0.2) is 11.6 Å². The summed E-state index contributed by atoms with van der Waals surface area (Å²) in [7, 11) is 0. The van der Waals surface area contributed by atoms with Gasteiger partial charge in [-0.2, -0.15) is 11.8 Å². The zero-order valence-electron chi connectivity index (χ0n) is 11.1. The zero-order chi connectivity index (χ0) is 13.4. The average Bonchev–Trinajstić information content (AvgIpc) is 2.36. The van der Waals surface area contributed by atoms with Crippen LogP contribution in [0.2, 0.25) is 0 Å². The van der Waals surface area contributed by atoms with Crippen LogP contribution in [0.15, 0.2) is 18.2 Å². The molecule has 1 rings (SSSR count). The molecule has 0 amide bonds. The van der Waals surface area contributed by atoms with E-state index in [4.69, 9.17) is 10.5 Å². The predicted octanol–water partition coefficient (Wildman–Crippen LogP) is 3.24. The Morgan fingerprint density at radius 1 is 1.44 bits per heavy atom. The van der Waals surface area contributed by atoms with Gasteiger partial charge in [0.25, 0.3) is 0 Å². The molecule has 0 saturated heterocycles. The van der Waals surface area contributed by atoms with Gasteiger partial charge in [-0.1, -0.05) is 13.0 Å². The van der Waals surface area contributed by atoms with E-state index < -0.39 is 0 Å². The molecule has 0 bridgehead atoms. The highest BCUT2D eigenvalue weighted by Gasteiger charge is 2.07. The van der Waals surface area contributed by atoms with Gasteiger partial charge in [0.2, 0.25) is 0 Å². The molecule has 0 spiro atoms. The molecule has 4 heteroatoms. The highest BCUT2D eigenvalue weighted by atomic mass is 32.2. The molecular weight excluding hydrogens is 249 g/mol. The second-order valence-corrected chi connectivity index (χ2v) is 5.32. The topological polar surface area (TPSA) is 35.2 Å². The molecule has 2 N–H and O–H groups in total. The van der Waals surface area contributed by atoms with E-state index in [1.807, 2.05) is 19.2 Å². The highest BCUT2D eigenvalue weighted by molar-refractivity contribution is 7.98. The van der Waals surface area contributed by atoms with Crippen LogP contribution in [0.25, 0.3) is 0 Å². The van der Waals surface area contributed by atoms with Gasteiger partial charge in [-0.05, 0) is 49.0 Å². The minimum Gasteiger partial charge on any atom is -0.490 e. The number of benzene rings is 1. The third kappa shape index (κ3) is 5.27. The van der Waals surface area contributed by atoms with Gasteiger partial charge in [-0.25, -0.2) is 4.39 Å². The first-order valence-electron chi connectivity index (χ1n) is 6.33. The fraction of sp³-hybridized carbons (Fsp3) is 0.571. The SMILES string of the molecule is CCC(N)Cc1ccc(OCCCSC)c(F)c1. The molecule has 102 valence electrons. The molecule has 1 atom stereocenters. The van der Waals surface area contributed by atoms with Crippen LogP contribution in [-0.2, 0) is 6.42 Å². The number of halogens is 1. The summed E-state index contributed by atoms with van der Waals surface area (Å²) in [5, 5.41) is 0. The molecular formula is C14H22FNOS. The summed E-state index contributed by atoms with van der Waals surface area (Å²) < 4.78 is 19.1. The summed E-state index contributed by atoms with van der Waals surface area (Å²) in [5.74, 6) is 1.08. The molecule has 0 heterocycles. The van der Waals surface area contributed by atoms with E-state index >= 15 is 0 Å². The van der Waals surface area contributed by atoms with Crippen LogP contribution >= 0.6 is 11.8 Å². The molecule has 1 unspecified atom stereocenters. The smallest absolute Gasteiger partial charge is 0.165 e. The number of thioether (sulfide) groups is 1. The van der Waals surface area contributed by atoms with Gasteiger partial charge < -0.3 is 10.5 Å². The van der Waals surface area contributed by atoms with Crippen molar-refractivity contribution >= 4 is 11.8 Å².